The Kier molecular flexibility index (Phi) is 8.28. The van der Waals surface area contributed by atoms with E-state index in [-0.39, 0.29) is 6.04 Å². The van der Waals surface area contributed by atoms with E-state index in [1.165, 1.54) is 28.7 Å². The Hall–Kier alpha value is -3.20. The summed E-state index contributed by atoms with van der Waals surface area (Å²) in [6.07, 6.45) is 3.23. The van der Waals surface area contributed by atoms with Crippen LogP contribution in [0.5, 0.6) is 0 Å². The van der Waals surface area contributed by atoms with E-state index in [1.807, 2.05) is 0 Å². The number of nitrogens with one attached hydrogen (secondary N) is 1. The zero-order valence-electron chi connectivity index (χ0n) is 21.0. The summed E-state index contributed by atoms with van der Waals surface area (Å²) in [6.45, 7) is 2.14. The van der Waals surface area contributed by atoms with Crippen LogP contribution in [0.4, 0.5) is 0 Å². The lowest BCUT2D eigenvalue weighted by Crippen LogP contribution is -2.40. The van der Waals surface area contributed by atoms with Crippen LogP contribution in [0, 0.1) is 11.8 Å². The highest BCUT2D eigenvalue weighted by Gasteiger charge is 2.37. The normalized spacial score (nSPS) is 17.4. The van der Waals surface area contributed by atoms with Crippen LogP contribution in [0.3, 0.4) is 0 Å². The van der Waals surface area contributed by atoms with Crippen molar-refractivity contribution >= 4 is 0 Å². The zero-order chi connectivity index (χ0) is 24.6. The molecular weight excluding hydrogens is 436 g/mol. The summed E-state index contributed by atoms with van der Waals surface area (Å²) in [5.41, 5.74) is 12.7. The van der Waals surface area contributed by atoms with E-state index in [2.05, 4.69) is 127 Å². The molecule has 36 heavy (non-hydrogen) atoms. The minimum absolute atomic E-state index is 0.107. The van der Waals surface area contributed by atoms with E-state index in [4.69, 9.17) is 5.73 Å². The third kappa shape index (κ3) is 5.78. The molecular formula is C34H38N2. The molecule has 1 fully saturated rings. The first-order valence-electron chi connectivity index (χ1n) is 13.5. The molecule has 1 saturated heterocycles. The minimum Gasteiger partial charge on any atom is -0.327 e. The van der Waals surface area contributed by atoms with Crippen molar-refractivity contribution in [2.24, 2.45) is 17.6 Å². The molecule has 1 aliphatic rings. The van der Waals surface area contributed by atoms with Gasteiger partial charge in [-0.15, -0.1) is 0 Å². The van der Waals surface area contributed by atoms with Crippen LogP contribution in [0.2, 0.25) is 0 Å². The maximum atomic E-state index is 7.25. The van der Waals surface area contributed by atoms with Crippen molar-refractivity contribution in [2.75, 3.05) is 13.1 Å². The largest absolute Gasteiger partial charge is 0.327 e. The predicted molar refractivity (Wildman–Crippen MR) is 151 cm³/mol. The predicted octanol–water partition coefficient (Wildman–Crippen LogP) is 6.98. The SMILES string of the molecule is NC(CCC(c1ccccc1)c1ccccc1)C(C1CCNC1)C(c1ccccc1)c1ccccc1. The molecule has 0 aliphatic carbocycles. The number of benzene rings is 4. The van der Waals surface area contributed by atoms with Gasteiger partial charge in [0.2, 0.25) is 0 Å². The van der Waals surface area contributed by atoms with Gasteiger partial charge in [-0.25, -0.2) is 0 Å². The Morgan fingerprint density at radius 1 is 0.611 bits per heavy atom. The van der Waals surface area contributed by atoms with Crippen LogP contribution in [0.15, 0.2) is 121 Å². The third-order valence-electron chi connectivity index (χ3n) is 8.03. The van der Waals surface area contributed by atoms with E-state index < -0.39 is 0 Å². The second-order valence-corrected chi connectivity index (χ2v) is 10.2. The fraction of sp³-hybridized carbons (Fsp3) is 0.294. The molecule has 0 bridgehead atoms. The lowest BCUT2D eigenvalue weighted by Gasteiger charge is -2.37. The zero-order valence-corrected chi connectivity index (χ0v) is 21.0. The average molecular weight is 475 g/mol. The van der Waals surface area contributed by atoms with Crippen molar-refractivity contribution in [1.82, 2.24) is 5.32 Å². The van der Waals surface area contributed by atoms with Crippen LogP contribution >= 0.6 is 0 Å². The van der Waals surface area contributed by atoms with Gasteiger partial charge in [0.25, 0.3) is 0 Å². The summed E-state index contributed by atoms with van der Waals surface area (Å²) in [5.74, 6) is 1.58. The van der Waals surface area contributed by atoms with Crippen molar-refractivity contribution < 1.29 is 0 Å². The Morgan fingerprint density at radius 2 is 1.06 bits per heavy atom. The molecule has 3 N–H and O–H groups in total. The summed E-state index contributed by atoms with van der Waals surface area (Å²) in [4.78, 5) is 0. The lowest BCUT2D eigenvalue weighted by atomic mass is 9.69. The van der Waals surface area contributed by atoms with E-state index in [0.717, 1.165) is 25.9 Å². The molecule has 3 atom stereocenters. The summed E-state index contributed by atoms with van der Waals surface area (Å²) in [5, 5.41) is 3.63. The first-order chi connectivity index (χ1) is 17.8. The van der Waals surface area contributed by atoms with Crippen molar-refractivity contribution in [3.63, 3.8) is 0 Å². The fourth-order valence-electron chi connectivity index (χ4n) is 6.28. The van der Waals surface area contributed by atoms with E-state index in [0.29, 0.717) is 23.7 Å². The molecule has 5 rings (SSSR count). The maximum absolute atomic E-state index is 7.25. The molecule has 4 aromatic rings. The molecule has 0 spiro atoms. The van der Waals surface area contributed by atoms with Gasteiger partial charge in [0.1, 0.15) is 0 Å². The Morgan fingerprint density at radius 3 is 1.47 bits per heavy atom. The third-order valence-corrected chi connectivity index (χ3v) is 8.03. The van der Waals surface area contributed by atoms with Crippen LogP contribution in [0.25, 0.3) is 0 Å². The van der Waals surface area contributed by atoms with Gasteiger partial charge in [0.15, 0.2) is 0 Å². The summed E-state index contributed by atoms with van der Waals surface area (Å²) < 4.78 is 0. The molecule has 2 nitrogen and oxygen atoms in total. The topological polar surface area (TPSA) is 38.0 Å². The first kappa shape index (κ1) is 24.5. The molecule has 1 heterocycles. The van der Waals surface area contributed by atoms with Gasteiger partial charge in [0.05, 0.1) is 0 Å². The van der Waals surface area contributed by atoms with Gasteiger partial charge in [-0.3, -0.25) is 0 Å². The number of hydrogen-bond donors (Lipinski definition) is 2. The second-order valence-electron chi connectivity index (χ2n) is 10.2. The maximum Gasteiger partial charge on any atom is 0.0135 e. The summed E-state index contributed by atoms with van der Waals surface area (Å²) in [7, 11) is 0. The summed E-state index contributed by atoms with van der Waals surface area (Å²) in [6, 6.07) is 44.0. The van der Waals surface area contributed by atoms with Gasteiger partial charge in [-0.1, -0.05) is 121 Å². The quantitative estimate of drug-likeness (QED) is 0.260. The average Bonchev–Trinajstić information content (AvgIpc) is 3.48. The van der Waals surface area contributed by atoms with Crippen molar-refractivity contribution in [3.05, 3.63) is 144 Å². The van der Waals surface area contributed by atoms with Crippen LogP contribution in [-0.2, 0) is 0 Å². The monoisotopic (exact) mass is 474 g/mol. The number of hydrogen-bond acceptors (Lipinski definition) is 2. The molecule has 1 aliphatic heterocycles. The van der Waals surface area contributed by atoms with Crippen LogP contribution < -0.4 is 11.1 Å². The molecule has 4 aromatic carbocycles. The standard InChI is InChI=1S/C34H38N2/c35-32(22-21-31(26-13-5-1-6-14-26)27-15-7-2-8-16-27)34(30-23-24-36-25-30)33(28-17-9-3-10-18-28)29-19-11-4-12-20-29/h1-20,30-34,36H,21-25,35H2. The second kappa shape index (κ2) is 12.2. The molecule has 184 valence electrons. The van der Waals surface area contributed by atoms with E-state index in [1.54, 1.807) is 0 Å². The van der Waals surface area contributed by atoms with Gasteiger partial charge in [0, 0.05) is 17.9 Å². The molecule has 0 radical (unpaired) electrons. The van der Waals surface area contributed by atoms with Gasteiger partial charge in [-0.05, 0) is 66.4 Å². The van der Waals surface area contributed by atoms with Gasteiger partial charge in [-0.2, -0.15) is 0 Å². The highest BCUT2D eigenvalue weighted by Crippen LogP contribution is 2.42. The Bertz CT molecular complexity index is 1080. The van der Waals surface area contributed by atoms with Crippen LogP contribution in [0.1, 0.15) is 53.4 Å². The smallest absolute Gasteiger partial charge is 0.0135 e. The van der Waals surface area contributed by atoms with Crippen molar-refractivity contribution in [2.45, 2.75) is 37.1 Å². The molecule has 0 aromatic heterocycles. The lowest BCUT2D eigenvalue weighted by molar-refractivity contribution is 0.254. The van der Waals surface area contributed by atoms with Gasteiger partial charge >= 0.3 is 0 Å². The van der Waals surface area contributed by atoms with Gasteiger partial charge < -0.3 is 11.1 Å². The molecule has 0 amide bonds. The van der Waals surface area contributed by atoms with E-state index in [9.17, 15) is 0 Å². The minimum atomic E-state index is 0.107. The Balaban J connectivity index is 1.46. The van der Waals surface area contributed by atoms with Crippen molar-refractivity contribution in [3.8, 4) is 0 Å². The van der Waals surface area contributed by atoms with Crippen molar-refractivity contribution in [1.29, 1.82) is 0 Å². The molecule has 3 unspecified atom stereocenters. The van der Waals surface area contributed by atoms with Crippen LogP contribution in [-0.4, -0.2) is 19.1 Å². The van der Waals surface area contributed by atoms with E-state index >= 15 is 0 Å². The summed E-state index contributed by atoms with van der Waals surface area (Å²) >= 11 is 0. The number of rotatable bonds is 10. The molecule has 2 heteroatoms. The Labute approximate surface area is 216 Å². The number of nitrogens with two attached hydrogens (primary N) is 1. The fourth-order valence-corrected chi connectivity index (χ4v) is 6.28. The molecule has 0 saturated carbocycles. The highest BCUT2D eigenvalue weighted by atomic mass is 14.9. The first-order valence-corrected chi connectivity index (χ1v) is 13.5. The highest BCUT2D eigenvalue weighted by molar-refractivity contribution is 5.35.